The smallest absolute Gasteiger partial charge is 0.137 e. The minimum absolute atomic E-state index is 0.00778. The second-order valence-electron chi connectivity index (χ2n) is 3.89. The molecule has 1 aliphatic rings. The highest BCUT2D eigenvalue weighted by molar-refractivity contribution is 6.32. The number of ether oxygens (including phenoxy) is 1. The topological polar surface area (TPSA) is 26.3 Å². The van der Waals surface area contributed by atoms with Gasteiger partial charge >= 0.3 is 0 Å². The first-order valence-electron chi connectivity index (χ1n) is 5.05. The lowest BCUT2D eigenvalue weighted by Gasteiger charge is -2.11. The summed E-state index contributed by atoms with van der Waals surface area (Å²) in [6.07, 6.45) is 3.32. The van der Waals surface area contributed by atoms with Gasteiger partial charge in [-0.05, 0) is 36.5 Å². The Morgan fingerprint density at radius 1 is 1.53 bits per heavy atom. The zero-order valence-electron chi connectivity index (χ0n) is 8.57. The van der Waals surface area contributed by atoms with Crippen LogP contribution in [-0.4, -0.2) is 13.4 Å². The van der Waals surface area contributed by atoms with Crippen LogP contribution in [0.1, 0.15) is 24.3 Å². The summed E-state index contributed by atoms with van der Waals surface area (Å²) in [7, 11) is 1.58. The summed E-state index contributed by atoms with van der Waals surface area (Å²) in [5.74, 6) is 1.18. The van der Waals surface area contributed by atoms with E-state index in [-0.39, 0.29) is 5.92 Å². The van der Waals surface area contributed by atoms with Crippen molar-refractivity contribution >= 4 is 17.9 Å². The molecule has 0 bridgehead atoms. The molecule has 80 valence electrons. The number of hydrogen-bond donors (Lipinski definition) is 0. The third-order valence-corrected chi connectivity index (χ3v) is 3.13. The Morgan fingerprint density at radius 3 is 2.73 bits per heavy atom. The second-order valence-corrected chi connectivity index (χ2v) is 4.30. The summed E-state index contributed by atoms with van der Waals surface area (Å²) in [5.41, 5.74) is 0.998. The number of carbonyl (C=O) groups is 1. The fourth-order valence-corrected chi connectivity index (χ4v) is 2.07. The van der Waals surface area contributed by atoms with Gasteiger partial charge in [0, 0.05) is 5.92 Å². The lowest BCUT2D eigenvalue weighted by molar-refractivity contribution is -0.109. The molecule has 0 aliphatic heterocycles. The number of methoxy groups -OCH3 is 1. The normalized spacial score (nSPS) is 17.2. The van der Waals surface area contributed by atoms with Crippen LogP contribution in [-0.2, 0) is 4.79 Å². The zero-order valence-corrected chi connectivity index (χ0v) is 9.33. The first-order chi connectivity index (χ1) is 7.26. The standard InChI is InChI=1S/C12H13ClO2/c1-15-12-5-4-9(6-11(12)13)10(7-14)8-2-3-8/h4-8,10H,2-3H2,1H3. The molecule has 1 unspecified atom stereocenters. The van der Waals surface area contributed by atoms with Gasteiger partial charge in [0.15, 0.2) is 0 Å². The van der Waals surface area contributed by atoms with Crippen LogP contribution in [0.2, 0.25) is 5.02 Å². The first-order valence-corrected chi connectivity index (χ1v) is 5.42. The molecule has 1 fully saturated rings. The third kappa shape index (κ3) is 2.15. The van der Waals surface area contributed by atoms with Crippen LogP contribution in [0.4, 0.5) is 0 Å². The highest BCUT2D eigenvalue weighted by atomic mass is 35.5. The highest BCUT2D eigenvalue weighted by Gasteiger charge is 2.32. The van der Waals surface area contributed by atoms with E-state index in [1.165, 1.54) is 0 Å². The van der Waals surface area contributed by atoms with E-state index in [2.05, 4.69) is 0 Å². The zero-order chi connectivity index (χ0) is 10.8. The van der Waals surface area contributed by atoms with Gasteiger partial charge in [-0.3, -0.25) is 0 Å². The highest BCUT2D eigenvalue weighted by Crippen LogP contribution is 2.42. The predicted octanol–water partition coefficient (Wildman–Crippen LogP) is 3.04. The lowest BCUT2D eigenvalue weighted by atomic mass is 9.96. The Bertz CT molecular complexity index is 372. The van der Waals surface area contributed by atoms with Gasteiger partial charge in [-0.2, -0.15) is 0 Å². The molecular weight excluding hydrogens is 212 g/mol. The van der Waals surface area contributed by atoms with Crippen LogP contribution < -0.4 is 4.74 Å². The summed E-state index contributed by atoms with van der Waals surface area (Å²) in [6, 6.07) is 5.57. The summed E-state index contributed by atoms with van der Waals surface area (Å²) in [5, 5.41) is 0.572. The van der Waals surface area contributed by atoms with Crippen LogP contribution in [0.25, 0.3) is 0 Å². The van der Waals surface area contributed by atoms with E-state index < -0.39 is 0 Å². The van der Waals surface area contributed by atoms with Crippen molar-refractivity contribution in [1.82, 2.24) is 0 Å². The maximum Gasteiger partial charge on any atom is 0.137 e. The van der Waals surface area contributed by atoms with Crippen molar-refractivity contribution in [3.63, 3.8) is 0 Å². The monoisotopic (exact) mass is 224 g/mol. The van der Waals surface area contributed by atoms with E-state index in [4.69, 9.17) is 16.3 Å². The van der Waals surface area contributed by atoms with Crippen LogP contribution >= 0.6 is 11.6 Å². The Morgan fingerprint density at radius 2 is 2.27 bits per heavy atom. The third-order valence-electron chi connectivity index (χ3n) is 2.84. The van der Waals surface area contributed by atoms with E-state index >= 15 is 0 Å². The average molecular weight is 225 g/mol. The molecule has 2 rings (SSSR count). The van der Waals surface area contributed by atoms with E-state index in [1.807, 2.05) is 18.2 Å². The number of halogens is 1. The number of aldehydes is 1. The molecular formula is C12H13ClO2. The molecule has 0 amide bonds. The minimum atomic E-state index is 0.00778. The molecule has 0 aromatic heterocycles. The van der Waals surface area contributed by atoms with Gasteiger partial charge in [-0.1, -0.05) is 17.7 Å². The van der Waals surface area contributed by atoms with Gasteiger partial charge in [0.25, 0.3) is 0 Å². The summed E-state index contributed by atoms with van der Waals surface area (Å²) in [6.45, 7) is 0. The number of hydrogen-bond acceptors (Lipinski definition) is 2. The number of rotatable bonds is 4. The fourth-order valence-electron chi connectivity index (χ4n) is 1.81. The Kier molecular flexibility index (Phi) is 2.96. The molecule has 2 nitrogen and oxygen atoms in total. The predicted molar refractivity (Wildman–Crippen MR) is 59.5 cm³/mol. The van der Waals surface area contributed by atoms with Crippen LogP contribution in [0.15, 0.2) is 18.2 Å². The maximum absolute atomic E-state index is 11.0. The molecule has 0 spiro atoms. The van der Waals surface area contributed by atoms with Crippen molar-refractivity contribution in [3.8, 4) is 5.75 Å². The second kappa shape index (κ2) is 4.23. The largest absolute Gasteiger partial charge is 0.495 e. The van der Waals surface area contributed by atoms with Gasteiger partial charge in [-0.25, -0.2) is 0 Å². The Balaban J connectivity index is 2.27. The van der Waals surface area contributed by atoms with E-state index in [0.29, 0.717) is 16.7 Å². The van der Waals surface area contributed by atoms with Crippen molar-refractivity contribution in [2.75, 3.05) is 7.11 Å². The van der Waals surface area contributed by atoms with Crippen molar-refractivity contribution in [2.24, 2.45) is 5.92 Å². The van der Waals surface area contributed by atoms with Crippen LogP contribution in [0.5, 0.6) is 5.75 Å². The molecule has 3 heteroatoms. The molecule has 1 aromatic carbocycles. The van der Waals surface area contributed by atoms with Crippen molar-refractivity contribution in [2.45, 2.75) is 18.8 Å². The molecule has 1 aromatic rings. The van der Waals surface area contributed by atoms with E-state index in [1.54, 1.807) is 7.11 Å². The Hall–Kier alpha value is -1.02. The summed E-state index contributed by atoms with van der Waals surface area (Å²) < 4.78 is 5.07. The summed E-state index contributed by atoms with van der Waals surface area (Å²) in [4.78, 5) is 11.0. The molecule has 0 heterocycles. The number of carbonyl (C=O) groups excluding carboxylic acids is 1. The fraction of sp³-hybridized carbons (Fsp3) is 0.417. The quantitative estimate of drug-likeness (QED) is 0.735. The first kappa shape index (κ1) is 10.5. The lowest BCUT2D eigenvalue weighted by Crippen LogP contribution is -2.02. The molecule has 1 aliphatic carbocycles. The van der Waals surface area contributed by atoms with Crippen molar-refractivity contribution < 1.29 is 9.53 Å². The molecule has 1 atom stereocenters. The average Bonchev–Trinajstić information content (AvgIpc) is 3.03. The van der Waals surface area contributed by atoms with Crippen molar-refractivity contribution in [1.29, 1.82) is 0 Å². The molecule has 0 N–H and O–H groups in total. The maximum atomic E-state index is 11.0. The van der Waals surface area contributed by atoms with Gasteiger partial charge in [0.05, 0.1) is 12.1 Å². The van der Waals surface area contributed by atoms with Crippen LogP contribution in [0, 0.1) is 5.92 Å². The Labute approximate surface area is 94.2 Å². The van der Waals surface area contributed by atoms with Gasteiger partial charge in [0.2, 0.25) is 0 Å². The van der Waals surface area contributed by atoms with Gasteiger partial charge in [0.1, 0.15) is 12.0 Å². The van der Waals surface area contributed by atoms with E-state index in [9.17, 15) is 4.79 Å². The number of benzene rings is 1. The molecule has 15 heavy (non-hydrogen) atoms. The minimum Gasteiger partial charge on any atom is -0.495 e. The van der Waals surface area contributed by atoms with Crippen molar-refractivity contribution in [3.05, 3.63) is 28.8 Å². The van der Waals surface area contributed by atoms with Gasteiger partial charge < -0.3 is 9.53 Å². The van der Waals surface area contributed by atoms with E-state index in [0.717, 1.165) is 24.7 Å². The summed E-state index contributed by atoms with van der Waals surface area (Å²) >= 11 is 6.01. The van der Waals surface area contributed by atoms with Crippen LogP contribution in [0.3, 0.4) is 0 Å². The molecule has 1 saturated carbocycles. The van der Waals surface area contributed by atoms with Gasteiger partial charge in [-0.15, -0.1) is 0 Å². The molecule has 0 saturated heterocycles. The molecule has 0 radical (unpaired) electrons. The SMILES string of the molecule is COc1ccc(C(C=O)C2CC2)cc1Cl.